The van der Waals surface area contributed by atoms with Gasteiger partial charge in [0.05, 0.1) is 5.75 Å². The first-order chi connectivity index (χ1) is 7.92. The predicted octanol–water partition coefficient (Wildman–Crippen LogP) is 1.81. The zero-order chi connectivity index (χ0) is 12.9. The van der Waals surface area contributed by atoms with E-state index in [0.717, 1.165) is 4.90 Å². The standard InChI is InChI=1S/C11H15NO3S2/c1-3-11(13)10-5-4-9(8-12-10)16-6-7-17(2,14)15/h4-5,8H,3,6-7H2,1-2H3. The number of rotatable bonds is 6. The minimum atomic E-state index is -2.92. The van der Waals surface area contributed by atoms with Gasteiger partial charge in [-0.2, -0.15) is 0 Å². The van der Waals surface area contributed by atoms with Crippen LogP contribution in [0.4, 0.5) is 0 Å². The molecule has 0 aliphatic heterocycles. The monoisotopic (exact) mass is 273 g/mol. The Balaban J connectivity index is 2.54. The van der Waals surface area contributed by atoms with Crippen LogP contribution in [0.2, 0.25) is 0 Å². The molecule has 0 saturated carbocycles. The van der Waals surface area contributed by atoms with Crippen molar-refractivity contribution in [2.45, 2.75) is 18.2 Å². The first-order valence-electron chi connectivity index (χ1n) is 5.22. The van der Waals surface area contributed by atoms with Crippen LogP contribution in [-0.2, 0) is 9.84 Å². The lowest BCUT2D eigenvalue weighted by molar-refractivity contribution is 0.0983. The van der Waals surface area contributed by atoms with Crippen LogP contribution in [0.1, 0.15) is 23.8 Å². The van der Waals surface area contributed by atoms with Gasteiger partial charge in [-0.25, -0.2) is 8.42 Å². The SMILES string of the molecule is CCC(=O)c1ccc(SCCS(C)(=O)=O)cn1. The molecule has 94 valence electrons. The first-order valence-corrected chi connectivity index (χ1v) is 8.27. The summed E-state index contributed by atoms with van der Waals surface area (Å²) in [4.78, 5) is 16.2. The van der Waals surface area contributed by atoms with Crippen molar-refractivity contribution in [2.75, 3.05) is 17.8 Å². The summed E-state index contributed by atoms with van der Waals surface area (Å²) in [6, 6.07) is 3.47. The van der Waals surface area contributed by atoms with Gasteiger partial charge in [-0.1, -0.05) is 6.92 Å². The number of carbonyl (C=O) groups excluding carboxylic acids is 1. The van der Waals surface area contributed by atoms with Crippen molar-refractivity contribution in [3.8, 4) is 0 Å². The van der Waals surface area contributed by atoms with Crippen LogP contribution in [0.15, 0.2) is 23.2 Å². The summed E-state index contributed by atoms with van der Waals surface area (Å²) in [6.07, 6.45) is 3.26. The molecule has 0 unspecified atom stereocenters. The average Bonchev–Trinajstić information content (AvgIpc) is 2.27. The molecule has 1 rings (SSSR count). The van der Waals surface area contributed by atoms with Crippen LogP contribution in [0.5, 0.6) is 0 Å². The van der Waals surface area contributed by atoms with Gasteiger partial charge in [-0.15, -0.1) is 11.8 Å². The molecule has 0 spiro atoms. The molecule has 0 fully saturated rings. The molecule has 0 amide bonds. The first kappa shape index (κ1) is 14.2. The van der Waals surface area contributed by atoms with Gasteiger partial charge in [0, 0.05) is 29.5 Å². The topological polar surface area (TPSA) is 64.1 Å². The van der Waals surface area contributed by atoms with Crippen molar-refractivity contribution in [2.24, 2.45) is 0 Å². The lowest BCUT2D eigenvalue weighted by Crippen LogP contribution is -2.05. The molecule has 1 heterocycles. The van der Waals surface area contributed by atoms with Gasteiger partial charge in [0.15, 0.2) is 5.78 Å². The predicted molar refractivity (Wildman–Crippen MR) is 69.3 cm³/mol. The van der Waals surface area contributed by atoms with Crippen LogP contribution in [0.25, 0.3) is 0 Å². The van der Waals surface area contributed by atoms with Gasteiger partial charge < -0.3 is 0 Å². The van der Waals surface area contributed by atoms with E-state index in [4.69, 9.17) is 0 Å². The second-order valence-electron chi connectivity index (χ2n) is 3.63. The summed E-state index contributed by atoms with van der Waals surface area (Å²) >= 11 is 1.42. The fraction of sp³-hybridized carbons (Fsp3) is 0.455. The van der Waals surface area contributed by atoms with Gasteiger partial charge in [-0.3, -0.25) is 9.78 Å². The van der Waals surface area contributed by atoms with Crippen LogP contribution in [0, 0.1) is 0 Å². The number of thioether (sulfide) groups is 1. The van der Waals surface area contributed by atoms with Crippen LogP contribution < -0.4 is 0 Å². The molecule has 6 heteroatoms. The van der Waals surface area contributed by atoms with E-state index in [9.17, 15) is 13.2 Å². The summed E-state index contributed by atoms with van der Waals surface area (Å²) in [5.41, 5.74) is 0.458. The van der Waals surface area contributed by atoms with Crippen molar-refractivity contribution in [1.29, 1.82) is 0 Å². The highest BCUT2D eigenvalue weighted by molar-refractivity contribution is 8.00. The Labute approximate surface area is 106 Å². The highest BCUT2D eigenvalue weighted by Gasteiger charge is 2.05. The second-order valence-corrected chi connectivity index (χ2v) is 7.06. The van der Waals surface area contributed by atoms with Crippen LogP contribution in [0.3, 0.4) is 0 Å². The Morgan fingerprint density at radius 2 is 2.12 bits per heavy atom. The van der Waals surface area contributed by atoms with E-state index in [0.29, 0.717) is 17.9 Å². The number of nitrogens with zero attached hydrogens (tertiary/aromatic N) is 1. The summed E-state index contributed by atoms with van der Waals surface area (Å²) in [5, 5.41) is 0. The summed E-state index contributed by atoms with van der Waals surface area (Å²) in [7, 11) is -2.92. The van der Waals surface area contributed by atoms with Crippen molar-refractivity contribution in [1.82, 2.24) is 4.98 Å². The van der Waals surface area contributed by atoms with Gasteiger partial charge in [0.2, 0.25) is 0 Å². The maximum Gasteiger partial charge on any atom is 0.180 e. The summed E-state index contributed by atoms with van der Waals surface area (Å²) in [6.45, 7) is 1.79. The number of hydrogen-bond donors (Lipinski definition) is 0. The number of aromatic nitrogens is 1. The highest BCUT2D eigenvalue weighted by atomic mass is 32.2. The zero-order valence-corrected chi connectivity index (χ0v) is 11.5. The Kier molecular flexibility index (Phi) is 5.14. The fourth-order valence-corrected chi connectivity index (χ4v) is 3.19. The highest BCUT2D eigenvalue weighted by Crippen LogP contribution is 2.17. The minimum Gasteiger partial charge on any atom is -0.292 e. The van der Waals surface area contributed by atoms with Crippen molar-refractivity contribution < 1.29 is 13.2 Å². The van der Waals surface area contributed by atoms with Crippen LogP contribution >= 0.6 is 11.8 Å². The van der Waals surface area contributed by atoms with E-state index in [1.807, 2.05) is 0 Å². The molecule has 0 saturated heterocycles. The third kappa shape index (κ3) is 5.32. The molecule has 0 atom stereocenters. The number of ketones is 1. The molecular formula is C11H15NO3S2. The van der Waals surface area contributed by atoms with Crippen molar-refractivity contribution in [3.05, 3.63) is 24.0 Å². The fourth-order valence-electron chi connectivity index (χ4n) is 1.12. The maximum absolute atomic E-state index is 11.3. The summed E-state index contributed by atoms with van der Waals surface area (Å²) < 4.78 is 21.9. The lowest BCUT2D eigenvalue weighted by Gasteiger charge is -2.01. The molecule has 0 N–H and O–H groups in total. The molecule has 0 radical (unpaired) electrons. The average molecular weight is 273 g/mol. The minimum absolute atomic E-state index is 0.0117. The van der Waals surface area contributed by atoms with E-state index in [1.54, 1.807) is 25.3 Å². The number of carbonyl (C=O) groups is 1. The maximum atomic E-state index is 11.3. The largest absolute Gasteiger partial charge is 0.292 e. The molecular weight excluding hydrogens is 258 g/mol. The Hall–Kier alpha value is -0.880. The van der Waals surface area contributed by atoms with Gasteiger partial charge in [-0.05, 0) is 12.1 Å². The van der Waals surface area contributed by atoms with E-state index < -0.39 is 9.84 Å². The van der Waals surface area contributed by atoms with E-state index in [1.165, 1.54) is 18.0 Å². The third-order valence-corrected chi connectivity index (χ3v) is 4.25. The molecule has 4 nitrogen and oxygen atoms in total. The molecule has 0 aliphatic rings. The summed E-state index contributed by atoms with van der Waals surface area (Å²) in [5.74, 6) is 0.659. The van der Waals surface area contributed by atoms with E-state index in [-0.39, 0.29) is 11.5 Å². The number of pyridine rings is 1. The Bertz CT molecular complexity index is 480. The van der Waals surface area contributed by atoms with Gasteiger partial charge in [0.1, 0.15) is 15.5 Å². The normalized spacial score (nSPS) is 11.4. The smallest absolute Gasteiger partial charge is 0.180 e. The molecule has 17 heavy (non-hydrogen) atoms. The number of sulfone groups is 1. The third-order valence-electron chi connectivity index (χ3n) is 2.07. The van der Waals surface area contributed by atoms with Crippen LogP contribution in [-0.4, -0.2) is 36.9 Å². The lowest BCUT2D eigenvalue weighted by atomic mass is 10.2. The molecule has 1 aromatic heterocycles. The Morgan fingerprint density at radius 3 is 2.59 bits per heavy atom. The molecule has 0 aliphatic carbocycles. The number of Topliss-reactive ketones (excluding diaryl/α,β-unsaturated/α-hetero) is 1. The molecule has 0 bridgehead atoms. The molecule has 0 aromatic carbocycles. The van der Waals surface area contributed by atoms with Gasteiger partial charge >= 0.3 is 0 Å². The Morgan fingerprint density at radius 1 is 1.41 bits per heavy atom. The van der Waals surface area contributed by atoms with Gasteiger partial charge in [0.25, 0.3) is 0 Å². The van der Waals surface area contributed by atoms with E-state index >= 15 is 0 Å². The zero-order valence-electron chi connectivity index (χ0n) is 9.84. The second kappa shape index (κ2) is 6.16. The van der Waals surface area contributed by atoms with E-state index in [2.05, 4.69) is 4.98 Å². The number of hydrogen-bond acceptors (Lipinski definition) is 5. The van der Waals surface area contributed by atoms with Crippen molar-refractivity contribution >= 4 is 27.4 Å². The van der Waals surface area contributed by atoms with Crippen molar-refractivity contribution in [3.63, 3.8) is 0 Å². The quantitative estimate of drug-likeness (QED) is 0.584. The molecule has 1 aromatic rings.